The van der Waals surface area contributed by atoms with E-state index in [1.165, 1.54) is 30.3 Å². The van der Waals surface area contributed by atoms with Crippen molar-refractivity contribution in [1.82, 2.24) is 15.1 Å². The first-order valence-electron chi connectivity index (χ1n) is 15.4. The molecule has 0 saturated heterocycles. The molecule has 3 rings (SSSR count). The third-order valence-corrected chi connectivity index (χ3v) is 9.29. The second kappa shape index (κ2) is 16.5. The summed E-state index contributed by atoms with van der Waals surface area (Å²) in [4.78, 5) is 30.1. The molecule has 0 spiro atoms. The van der Waals surface area contributed by atoms with Crippen molar-refractivity contribution in [3.63, 3.8) is 0 Å². The van der Waals surface area contributed by atoms with E-state index in [9.17, 15) is 23.1 Å². The molecule has 1 heterocycles. The molecule has 11 nitrogen and oxygen atoms in total. The first-order chi connectivity index (χ1) is 21.2. The number of anilines is 1. The molecular formula is C32H47ClN4O7S. The zero-order valence-corrected chi connectivity index (χ0v) is 28.5. The van der Waals surface area contributed by atoms with E-state index >= 15 is 0 Å². The summed E-state index contributed by atoms with van der Waals surface area (Å²) >= 11 is 5.93. The Morgan fingerprint density at radius 2 is 1.82 bits per heavy atom. The van der Waals surface area contributed by atoms with Gasteiger partial charge in [0.2, 0.25) is 0 Å². The van der Waals surface area contributed by atoms with Crippen molar-refractivity contribution in [2.24, 2.45) is 5.92 Å². The van der Waals surface area contributed by atoms with Gasteiger partial charge in [-0.15, -0.1) is 0 Å². The molecule has 250 valence electrons. The molecule has 1 aliphatic heterocycles. The zero-order valence-electron chi connectivity index (χ0n) is 27.0. The Labute approximate surface area is 272 Å². The smallest absolute Gasteiger partial charge is 0.317 e. The van der Waals surface area contributed by atoms with Crippen LogP contribution in [-0.4, -0.2) is 92.9 Å². The molecule has 2 aromatic rings. The van der Waals surface area contributed by atoms with Crippen LogP contribution in [0.5, 0.6) is 5.75 Å². The van der Waals surface area contributed by atoms with Gasteiger partial charge in [-0.3, -0.25) is 9.52 Å². The van der Waals surface area contributed by atoms with Crippen LogP contribution in [0.15, 0.2) is 47.4 Å². The van der Waals surface area contributed by atoms with Gasteiger partial charge in [0.15, 0.2) is 0 Å². The summed E-state index contributed by atoms with van der Waals surface area (Å²) < 4.78 is 41.3. The van der Waals surface area contributed by atoms with Crippen LogP contribution >= 0.6 is 11.6 Å². The van der Waals surface area contributed by atoms with Gasteiger partial charge < -0.3 is 29.7 Å². The lowest BCUT2D eigenvalue weighted by atomic mass is 10.0. The van der Waals surface area contributed by atoms with E-state index in [4.69, 9.17) is 21.1 Å². The monoisotopic (exact) mass is 666 g/mol. The Morgan fingerprint density at radius 3 is 2.47 bits per heavy atom. The zero-order chi connectivity index (χ0) is 33.3. The second-order valence-corrected chi connectivity index (χ2v) is 14.2. The number of benzene rings is 2. The number of sulfonamides is 1. The molecule has 0 saturated carbocycles. The molecule has 13 heteroatoms. The average Bonchev–Trinajstić information content (AvgIpc) is 2.98. The number of rotatable bonds is 8. The average molecular weight is 667 g/mol. The van der Waals surface area contributed by atoms with Crippen molar-refractivity contribution >= 4 is 39.2 Å². The first kappa shape index (κ1) is 36.4. The van der Waals surface area contributed by atoms with Crippen molar-refractivity contribution in [3.05, 3.63) is 53.1 Å². The van der Waals surface area contributed by atoms with Crippen LogP contribution in [0.25, 0.3) is 0 Å². The largest absolute Gasteiger partial charge is 0.490 e. The first-order valence-corrected chi connectivity index (χ1v) is 17.2. The normalized spacial score (nSPS) is 20.9. The highest BCUT2D eigenvalue weighted by Gasteiger charge is 2.31. The Bertz CT molecular complexity index is 1390. The lowest BCUT2D eigenvalue weighted by Gasteiger charge is -2.36. The number of amides is 3. The molecule has 0 aromatic heterocycles. The molecule has 2 aromatic carbocycles. The summed E-state index contributed by atoms with van der Waals surface area (Å²) in [6, 6.07) is 9.56. The number of hydrogen-bond acceptors (Lipinski definition) is 7. The minimum Gasteiger partial charge on any atom is -0.490 e. The number of halogens is 1. The number of aliphatic hydroxyl groups is 1. The fourth-order valence-corrected chi connectivity index (χ4v) is 6.16. The SMILES string of the molecule is CC(C)NC(=O)N(C)C[C@H]1OCCCC[C@H](C)Oc2ccc(NS(=O)(=O)c3ccc(Cl)cc3)cc2C(=O)N([C@H](C)CO)C[C@H]1C. The summed E-state index contributed by atoms with van der Waals surface area (Å²) in [7, 11) is -2.27. The molecule has 3 N–H and O–H groups in total. The Kier molecular flexibility index (Phi) is 13.3. The minimum absolute atomic E-state index is 0.0191. The van der Waals surface area contributed by atoms with Gasteiger partial charge in [-0.2, -0.15) is 0 Å². The maximum Gasteiger partial charge on any atom is 0.317 e. The molecule has 0 unspecified atom stereocenters. The highest BCUT2D eigenvalue weighted by molar-refractivity contribution is 7.92. The predicted octanol–water partition coefficient (Wildman–Crippen LogP) is 4.99. The van der Waals surface area contributed by atoms with E-state index in [1.807, 2.05) is 27.7 Å². The van der Waals surface area contributed by atoms with Crippen LogP contribution in [0.2, 0.25) is 5.02 Å². The number of hydrogen-bond donors (Lipinski definition) is 3. The predicted molar refractivity (Wildman–Crippen MR) is 175 cm³/mol. The fraction of sp³-hybridized carbons (Fsp3) is 0.562. The Hall–Kier alpha value is -3.06. The molecule has 45 heavy (non-hydrogen) atoms. The Balaban J connectivity index is 1.98. The third kappa shape index (κ3) is 10.5. The maximum atomic E-state index is 14.3. The van der Waals surface area contributed by atoms with E-state index in [2.05, 4.69) is 10.0 Å². The van der Waals surface area contributed by atoms with Gasteiger partial charge in [0.1, 0.15) is 5.75 Å². The molecule has 4 atom stereocenters. The number of fused-ring (bicyclic) bond motifs is 1. The number of carbonyl (C=O) groups excluding carboxylic acids is 2. The number of ether oxygens (including phenoxy) is 2. The number of nitrogens with zero attached hydrogens (tertiary/aromatic N) is 2. The van der Waals surface area contributed by atoms with Crippen molar-refractivity contribution in [2.75, 3.05) is 38.1 Å². The van der Waals surface area contributed by atoms with Gasteiger partial charge >= 0.3 is 6.03 Å². The van der Waals surface area contributed by atoms with E-state index in [-0.39, 0.29) is 59.5 Å². The second-order valence-electron chi connectivity index (χ2n) is 12.1. The molecule has 0 fully saturated rings. The fourth-order valence-electron chi connectivity index (χ4n) is 4.99. The standard InChI is InChI=1S/C32H47ClN4O7S/c1-21(2)34-32(40)36(6)19-30-22(3)18-37(23(4)20-38)31(39)28-17-26(35-45(41,42)27-13-10-25(33)11-14-27)12-15-29(28)44-24(5)9-7-8-16-43-30/h10-15,17,21-24,30,35,38H,7-9,16,18-20H2,1-6H3,(H,34,40)/t22-,23-,24+,30-/m1/s1. The molecule has 0 radical (unpaired) electrons. The van der Waals surface area contributed by atoms with Crippen molar-refractivity contribution < 1.29 is 32.6 Å². The molecule has 1 aliphatic rings. The lowest BCUT2D eigenvalue weighted by molar-refractivity contribution is -0.0122. The topological polar surface area (TPSA) is 138 Å². The van der Waals surface area contributed by atoms with Gasteiger partial charge in [0, 0.05) is 49.4 Å². The molecule has 0 aliphatic carbocycles. The summed E-state index contributed by atoms with van der Waals surface area (Å²) in [6.45, 7) is 10.1. The number of aliphatic hydroxyl groups excluding tert-OH is 1. The maximum absolute atomic E-state index is 14.3. The third-order valence-electron chi connectivity index (χ3n) is 7.64. The Morgan fingerprint density at radius 1 is 1.13 bits per heavy atom. The summed E-state index contributed by atoms with van der Waals surface area (Å²) in [5, 5.41) is 13.4. The minimum atomic E-state index is -3.98. The van der Waals surface area contributed by atoms with E-state index in [0.717, 1.165) is 12.8 Å². The number of urea groups is 1. The van der Waals surface area contributed by atoms with Crippen LogP contribution in [0.4, 0.5) is 10.5 Å². The summed E-state index contributed by atoms with van der Waals surface area (Å²) in [5.41, 5.74) is 0.340. The van der Waals surface area contributed by atoms with Crippen molar-refractivity contribution in [2.45, 2.75) is 83.1 Å². The number of carbonyl (C=O) groups is 2. The highest BCUT2D eigenvalue weighted by Crippen LogP contribution is 2.29. The molecular weight excluding hydrogens is 620 g/mol. The van der Waals surface area contributed by atoms with Crippen LogP contribution in [0.3, 0.4) is 0 Å². The molecule has 0 bridgehead atoms. The van der Waals surface area contributed by atoms with Gasteiger partial charge in [-0.05, 0) is 89.4 Å². The highest BCUT2D eigenvalue weighted by atomic mass is 35.5. The summed E-state index contributed by atoms with van der Waals surface area (Å²) in [5.74, 6) is -0.338. The van der Waals surface area contributed by atoms with Crippen molar-refractivity contribution in [1.29, 1.82) is 0 Å². The van der Waals surface area contributed by atoms with E-state index in [1.54, 1.807) is 35.9 Å². The van der Waals surface area contributed by atoms with Crippen LogP contribution in [0, 0.1) is 5.92 Å². The van der Waals surface area contributed by atoms with Gasteiger partial charge in [-0.1, -0.05) is 18.5 Å². The lowest BCUT2D eigenvalue weighted by Crippen LogP contribution is -2.49. The number of nitrogens with one attached hydrogen (secondary N) is 2. The quantitative estimate of drug-likeness (QED) is 0.361. The van der Waals surface area contributed by atoms with Gasteiger partial charge in [0.25, 0.3) is 15.9 Å². The van der Waals surface area contributed by atoms with Gasteiger partial charge in [-0.25, -0.2) is 13.2 Å². The summed E-state index contributed by atoms with van der Waals surface area (Å²) in [6.07, 6.45) is 1.69. The van der Waals surface area contributed by atoms with Crippen LogP contribution in [0.1, 0.15) is 64.2 Å². The number of likely N-dealkylation sites (N-methyl/N-ethyl adjacent to an activating group) is 1. The molecule has 3 amide bonds. The van der Waals surface area contributed by atoms with E-state index in [0.29, 0.717) is 30.3 Å². The van der Waals surface area contributed by atoms with E-state index < -0.39 is 22.0 Å². The van der Waals surface area contributed by atoms with Crippen molar-refractivity contribution in [3.8, 4) is 5.75 Å². The van der Waals surface area contributed by atoms with Crippen LogP contribution in [-0.2, 0) is 14.8 Å². The van der Waals surface area contributed by atoms with Gasteiger partial charge in [0.05, 0.1) is 35.3 Å². The van der Waals surface area contributed by atoms with Crippen LogP contribution < -0.4 is 14.8 Å².